The molecule has 2 aromatic rings. The van der Waals surface area contributed by atoms with Crippen molar-refractivity contribution >= 4 is 44.9 Å². The average Bonchev–Trinajstić information content (AvgIpc) is 2.41. The van der Waals surface area contributed by atoms with E-state index in [0.717, 1.165) is 0 Å². The fraction of sp³-hybridized carbons (Fsp3) is 0.0667. The molecule has 0 aliphatic heterocycles. The van der Waals surface area contributed by atoms with E-state index in [-0.39, 0.29) is 5.78 Å². The van der Waals surface area contributed by atoms with Crippen molar-refractivity contribution in [2.75, 3.05) is 0 Å². The predicted octanol–water partition coefficient (Wildman–Crippen LogP) is 5.25. The highest BCUT2D eigenvalue weighted by Gasteiger charge is 2.23. The third kappa shape index (κ3) is 3.21. The molecule has 1 unspecified atom stereocenters. The van der Waals surface area contributed by atoms with Crippen molar-refractivity contribution in [3.05, 3.63) is 68.1 Å². The standard InChI is InChI=1S/C15H8BrCl2NO/c16-14-7-11(18)5-6-12(14)15(20)13(8-19)9-1-3-10(17)4-2-9/h1-7,13H. The summed E-state index contributed by atoms with van der Waals surface area (Å²) in [5.74, 6) is -1.15. The molecule has 20 heavy (non-hydrogen) atoms. The second kappa shape index (κ2) is 6.41. The van der Waals surface area contributed by atoms with Crippen LogP contribution in [0.4, 0.5) is 0 Å². The molecule has 0 spiro atoms. The zero-order chi connectivity index (χ0) is 14.7. The van der Waals surface area contributed by atoms with Crippen LogP contribution in [0.3, 0.4) is 0 Å². The summed E-state index contributed by atoms with van der Waals surface area (Å²) >= 11 is 15.0. The van der Waals surface area contributed by atoms with Crippen molar-refractivity contribution in [3.63, 3.8) is 0 Å². The van der Waals surface area contributed by atoms with Crippen molar-refractivity contribution in [1.82, 2.24) is 0 Å². The highest BCUT2D eigenvalue weighted by atomic mass is 79.9. The first-order valence-electron chi connectivity index (χ1n) is 5.67. The van der Waals surface area contributed by atoms with E-state index < -0.39 is 5.92 Å². The Hall–Kier alpha value is -1.34. The quantitative estimate of drug-likeness (QED) is 0.694. The van der Waals surface area contributed by atoms with Crippen LogP contribution in [0.1, 0.15) is 21.8 Å². The molecular weight excluding hydrogens is 361 g/mol. The van der Waals surface area contributed by atoms with E-state index in [0.29, 0.717) is 25.6 Å². The summed E-state index contributed by atoms with van der Waals surface area (Å²) in [5, 5.41) is 10.4. The molecule has 5 heteroatoms. The highest BCUT2D eigenvalue weighted by Crippen LogP contribution is 2.28. The lowest BCUT2D eigenvalue weighted by Gasteiger charge is -2.10. The SMILES string of the molecule is N#CC(C(=O)c1ccc(Cl)cc1Br)c1ccc(Cl)cc1. The van der Waals surface area contributed by atoms with Gasteiger partial charge in [-0.25, -0.2) is 0 Å². The van der Waals surface area contributed by atoms with E-state index in [1.54, 1.807) is 42.5 Å². The molecule has 0 aliphatic rings. The number of hydrogen-bond acceptors (Lipinski definition) is 2. The van der Waals surface area contributed by atoms with Crippen LogP contribution in [0.25, 0.3) is 0 Å². The normalized spacial score (nSPS) is 11.7. The van der Waals surface area contributed by atoms with Crippen molar-refractivity contribution < 1.29 is 4.79 Å². The van der Waals surface area contributed by atoms with E-state index >= 15 is 0 Å². The summed E-state index contributed by atoms with van der Waals surface area (Å²) in [6.07, 6.45) is 0. The third-order valence-corrected chi connectivity index (χ3v) is 3.93. The molecule has 2 nitrogen and oxygen atoms in total. The number of nitrogens with zero attached hydrogens (tertiary/aromatic N) is 1. The van der Waals surface area contributed by atoms with Crippen LogP contribution >= 0.6 is 39.1 Å². The third-order valence-electron chi connectivity index (χ3n) is 2.79. The van der Waals surface area contributed by atoms with E-state index in [4.69, 9.17) is 23.2 Å². The van der Waals surface area contributed by atoms with Gasteiger partial charge in [-0.1, -0.05) is 35.3 Å². The van der Waals surface area contributed by atoms with Gasteiger partial charge in [-0.3, -0.25) is 4.79 Å². The van der Waals surface area contributed by atoms with Gasteiger partial charge in [0.2, 0.25) is 0 Å². The lowest BCUT2D eigenvalue weighted by atomic mass is 9.92. The van der Waals surface area contributed by atoms with Crippen molar-refractivity contribution in [2.24, 2.45) is 0 Å². The van der Waals surface area contributed by atoms with Crippen LogP contribution in [0.2, 0.25) is 10.0 Å². The molecule has 0 aromatic heterocycles. The first-order chi connectivity index (χ1) is 9.52. The van der Waals surface area contributed by atoms with Gasteiger partial charge in [0.15, 0.2) is 5.78 Å². The van der Waals surface area contributed by atoms with Gasteiger partial charge < -0.3 is 0 Å². The summed E-state index contributed by atoms with van der Waals surface area (Å²) in [4.78, 5) is 12.5. The number of rotatable bonds is 3. The fourth-order valence-electron chi connectivity index (χ4n) is 1.78. The molecule has 0 fully saturated rings. The van der Waals surface area contributed by atoms with Crippen LogP contribution in [-0.4, -0.2) is 5.78 Å². The average molecular weight is 369 g/mol. The van der Waals surface area contributed by atoms with Gasteiger partial charge >= 0.3 is 0 Å². The first-order valence-corrected chi connectivity index (χ1v) is 7.22. The number of ketones is 1. The Kier molecular flexibility index (Phi) is 4.82. The summed E-state index contributed by atoms with van der Waals surface area (Å²) in [7, 11) is 0. The zero-order valence-electron chi connectivity index (χ0n) is 10.1. The highest BCUT2D eigenvalue weighted by molar-refractivity contribution is 9.10. The number of hydrogen-bond donors (Lipinski definition) is 0. The van der Waals surface area contributed by atoms with Gasteiger partial charge in [0.05, 0.1) is 6.07 Å². The number of nitriles is 1. The Morgan fingerprint density at radius 1 is 1.10 bits per heavy atom. The zero-order valence-corrected chi connectivity index (χ0v) is 13.2. The Bertz CT molecular complexity index is 692. The molecule has 1 atom stereocenters. The summed E-state index contributed by atoms with van der Waals surface area (Å²) < 4.78 is 0.573. The van der Waals surface area contributed by atoms with Crippen LogP contribution in [-0.2, 0) is 0 Å². The van der Waals surface area contributed by atoms with Gasteiger partial charge in [-0.05, 0) is 51.8 Å². The van der Waals surface area contributed by atoms with E-state index in [1.165, 1.54) is 0 Å². The molecule has 100 valence electrons. The minimum Gasteiger partial charge on any atom is -0.292 e. The molecule has 0 aliphatic carbocycles. The molecule has 2 aromatic carbocycles. The van der Waals surface area contributed by atoms with Gasteiger partial charge in [-0.15, -0.1) is 0 Å². The number of carbonyl (C=O) groups is 1. The number of Topliss-reactive ketones (excluding diaryl/α,β-unsaturated/α-hetero) is 1. The number of halogens is 3. The molecule has 2 rings (SSSR count). The van der Waals surface area contributed by atoms with Crippen LogP contribution < -0.4 is 0 Å². The van der Waals surface area contributed by atoms with E-state index in [1.807, 2.05) is 6.07 Å². The Morgan fingerprint density at radius 2 is 1.70 bits per heavy atom. The monoisotopic (exact) mass is 367 g/mol. The summed E-state index contributed by atoms with van der Waals surface area (Å²) in [5.41, 5.74) is 1.04. The van der Waals surface area contributed by atoms with Gasteiger partial charge in [-0.2, -0.15) is 5.26 Å². The minimum atomic E-state index is -0.871. The topological polar surface area (TPSA) is 40.9 Å². The summed E-state index contributed by atoms with van der Waals surface area (Å²) in [6.45, 7) is 0. The summed E-state index contributed by atoms with van der Waals surface area (Å²) in [6, 6.07) is 13.6. The lowest BCUT2D eigenvalue weighted by Crippen LogP contribution is -2.11. The molecule has 0 saturated carbocycles. The minimum absolute atomic E-state index is 0.279. The molecule has 0 saturated heterocycles. The van der Waals surface area contributed by atoms with E-state index in [9.17, 15) is 10.1 Å². The van der Waals surface area contributed by atoms with Gasteiger partial charge in [0, 0.05) is 20.1 Å². The second-order valence-electron chi connectivity index (χ2n) is 4.10. The lowest BCUT2D eigenvalue weighted by molar-refractivity contribution is 0.0978. The molecular formula is C15H8BrCl2NO. The van der Waals surface area contributed by atoms with Gasteiger partial charge in [0.25, 0.3) is 0 Å². The van der Waals surface area contributed by atoms with Crippen molar-refractivity contribution in [3.8, 4) is 6.07 Å². The number of benzene rings is 2. The second-order valence-corrected chi connectivity index (χ2v) is 5.83. The Labute approximate surface area is 135 Å². The maximum atomic E-state index is 12.5. The Balaban J connectivity index is 2.39. The molecule has 0 amide bonds. The van der Waals surface area contributed by atoms with Gasteiger partial charge in [0.1, 0.15) is 5.92 Å². The predicted molar refractivity (Wildman–Crippen MR) is 83.3 cm³/mol. The molecule has 0 N–H and O–H groups in total. The maximum Gasteiger partial charge on any atom is 0.185 e. The molecule has 0 bridgehead atoms. The van der Waals surface area contributed by atoms with Crippen molar-refractivity contribution in [1.29, 1.82) is 5.26 Å². The molecule has 0 heterocycles. The van der Waals surface area contributed by atoms with Crippen molar-refractivity contribution in [2.45, 2.75) is 5.92 Å². The fourth-order valence-corrected chi connectivity index (χ4v) is 2.79. The van der Waals surface area contributed by atoms with Crippen LogP contribution in [0, 0.1) is 11.3 Å². The largest absolute Gasteiger partial charge is 0.292 e. The van der Waals surface area contributed by atoms with E-state index in [2.05, 4.69) is 15.9 Å². The molecule has 0 radical (unpaired) electrons. The number of carbonyl (C=O) groups excluding carboxylic acids is 1. The smallest absolute Gasteiger partial charge is 0.185 e. The first kappa shape index (κ1) is 15.1. The Morgan fingerprint density at radius 3 is 2.25 bits per heavy atom. The van der Waals surface area contributed by atoms with Crippen LogP contribution in [0.15, 0.2) is 46.9 Å². The maximum absolute atomic E-state index is 12.5. The van der Waals surface area contributed by atoms with Crippen LogP contribution in [0.5, 0.6) is 0 Å².